The molecule has 2 aromatic carbocycles. The van der Waals surface area contributed by atoms with E-state index >= 15 is 0 Å². The second-order valence-electron chi connectivity index (χ2n) is 6.07. The molecular formula is C20H22FN3O3S. The van der Waals surface area contributed by atoms with E-state index in [0.29, 0.717) is 11.7 Å². The molecule has 0 aliphatic rings. The molecule has 0 radical (unpaired) electrons. The Hall–Kier alpha value is -3.00. The third kappa shape index (κ3) is 6.02. The largest absolute Gasteiger partial charge is 0.483 e. The summed E-state index contributed by atoms with van der Waals surface area (Å²) in [5.74, 6) is -0.925. The molecule has 0 bridgehead atoms. The molecule has 0 spiro atoms. The highest BCUT2D eigenvalue weighted by atomic mass is 32.1. The Morgan fingerprint density at radius 2 is 1.79 bits per heavy atom. The van der Waals surface area contributed by atoms with Gasteiger partial charge in [0.1, 0.15) is 11.6 Å². The van der Waals surface area contributed by atoms with E-state index in [4.69, 9.17) is 17.0 Å². The van der Waals surface area contributed by atoms with Crippen LogP contribution in [0.1, 0.15) is 42.1 Å². The van der Waals surface area contributed by atoms with Crippen molar-refractivity contribution >= 4 is 29.1 Å². The predicted molar refractivity (Wildman–Crippen MR) is 108 cm³/mol. The Kier molecular flexibility index (Phi) is 7.88. The number of rotatable bonds is 6. The molecule has 2 rings (SSSR count). The smallest absolute Gasteiger partial charge is 0.276 e. The Morgan fingerprint density at radius 1 is 1.11 bits per heavy atom. The summed E-state index contributed by atoms with van der Waals surface area (Å²) >= 11 is 4.92. The lowest BCUT2D eigenvalue weighted by atomic mass is 9.98. The molecule has 0 saturated heterocycles. The number of hydrazine groups is 1. The highest BCUT2D eigenvalue weighted by molar-refractivity contribution is 7.80. The minimum absolute atomic E-state index is 0.150. The van der Waals surface area contributed by atoms with Gasteiger partial charge in [0.05, 0.1) is 5.56 Å². The predicted octanol–water partition coefficient (Wildman–Crippen LogP) is 3.05. The first-order valence-corrected chi connectivity index (χ1v) is 9.19. The van der Waals surface area contributed by atoms with Crippen molar-refractivity contribution in [2.45, 2.75) is 26.2 Å². The monoisotopic (exact) mass is 403 g/mol. The van der Waals surface area contributed by atoms with Gasteiger partial charge in [-0.25, -0.2) is 4.39 Å². The van der Waals surface area contributed by atoms with E-state index in [-0.39, 0.29) is 17.3 Å². The summed E-state index contributed by atoms with van der Waals surface area (Å²) in [4.78, 5) is 23.9. The van der Waals surface area contributed by atoms with Gasteiger partial charge in [-0.3, -0.25) is 25.8 Å². The van der Waals surface area contributed by atoms with E-state index in [1.54, 1.807) is 0 Å². The number of hydrogen-bond donors (Lipinski definition) is 3. The van der Waals surface area contributed by atoms with Gasteiger partial charge in [-0.05, 0) is 48.3 Å². The number of nitrogens with one attached hydrogen (secondary N) is 3. The maximum Gasteiger partial charge on any atom is 0.276 e. The number of benzene rings is 2. The van der Waals surface area contributed by atoms with Crippen molar-refractivity contribution in [3.63, 3.8) is 0 Å². The van der Waals surface area contributed by atoms with Crippen LogP contribution in [0, 0.1) is 5.82 Å². The molecule has 0 aliphatic heterocycles. The first-order chi connectivity index (χ1) is 13.4. The average Bonchev–Trinajstić information content (AvgIpc) is 2.70. The maximum absolute atomic E-state index is 13.6. The van der Waals surface area contributed by atoms with Crippen LogP contribution < -0.4 is 20.9 Å². The highest BCUT2D eigenvalue weighted by Crippen LogP contribution is 2.28. The molecule has 148 valence electrons. The van der Waals surface area contributed by atoms with Gasteiger partial charge in [-0.2, -0.15) is 0 Å². The number of para-hydroxylation sites is 1. The van der Waals surface area contributed by atoms with E-state index in [1.807, 2.05) is 24.3 Å². The zero-order chi connectivity index (χ0) is 20.5. The second-order valence-corrected chi connectivity index (χ2v) is 6.48. The van der Waals surface area contributed by atoms with Gasteiger partial charge in [0.2, 0.25) is 0 Å². The van der Waals surface area contributed by atoms with E-state index in [0.717, 1.165) is 12.0 Å². The SMILES string of the molecule is CCC(C)c1ccccc1OCC(=O)NNC(=S)NC(=O)c1ccccc1F. The molecule has 28 heavy (non-hydrogen) atoms. The van der Waals surface area contributed by atoms with Crippen LogP contribution in [0.4, 0.5) is 4.39 Å². The first-order valence-electron chi connectivity index (χ1n) is 8.78. The zero-order valence-corrected chi connectivity index (χ0v) is 16.4. The van der Waals surface area contributed by atoms with Crippen LogP contribution in [0.15, 0.2) is 48.5 Å². The molecule has 2 amide bonds. The van der Waals surface area contributed by atoms with E-state index in [9.17, 15) is 14.0 Å². The number of ether oxygens (including phenoxy) is 1. The maximum atomic E-state index is 13.6. The van der Waals surface area contributed by atoms with E-state index < -0.39 is 17.6 Å². The molecular weight excluding hydrogens is 381 g/mol. The van der Waals surface area contributed by atoms with Gasteiger partial charge in [0, 0.05) is 0 Å². The molecule has 1 atom stereocenters. The third-order valence-corrected chi connectivity index (χ3v) is 4.29. The zero-order valence-electron chi connectivity index (χ0n) is 15.6. The number of halogens is 1. The number of amides is 2. The van der Waals surface area contributed by atoms with Crippen molar-refractivity contribution in [3.8, 4) is 5.75 Å². The molecule has 2 aromatic rings. The molecule has 0 aliphatic carbocycles. The number of carbonyl (C=O) groups excluding carboxylic acids is 2. The minimum Gasteiger partial charge on any atom is -0.483 e. The van der Waals surface area contributed by atoms with Gasteiger partial charge >= 0.3 is 0 Å². The van der Waals surface area contributed by atoms with Crippen LogP contribution >= 0.6 is 12.2 Å². The Balaban J connectivity index is 1.81. The average molecular weight is 403 g/mol. The van der Waals surface area contributed by atoms with Gasteiger partial charge < -0.3 is 4.74 Å². The van der Waals surface area contributed by atoms with Crippen molar-refractivity contribution in [2.24, 2.45) is 0 Å². The van der Waals surface area contributed by atoms with Crippen molar-refractivity contribution in [1.29, 1.82) is 0 Å². The minimum atomic E-state index is -0.719. The molecule has 0 fully saturated rings. The normalized spacial score (nSPS) is 11.2. The van der Waals surface area contributed by atoms with E-state index in [2.05, 4.69) is 30.0 Å². The summed E-state index contributed by atoms with van der Waals surface area (Å²) in [6.07, 6.45) is 0.949. The van der Waals surface area contributed by atoms with Crippen LogP contribution in [0.25, 0.3) is 0 Å². The molecule has 0 heterocycles. The van der Waals surface area contributed by atoms with E-state index in [1.165, 1.54) is 24.3 Å². The van der Waals surface area contributed by atoms with Crippen LogP contribution in [-0.2, 0) is 4.79 Å². The fourth-order valence-corrected chi connectivity index (χ4v) is 2.54. The number of thiocarbonyl (C=S) groups is 1. The quantitative estimate of drug-likeness (QED) is 0.510. The Labute approximate surface area is 168 Å². The van der Waals surface area contributed by atoms with Gasteiger partial charge in [0.15, 0.2) is 11.7 Å². The topological polar surface area (TPSA) is 79.5 Å². The van der Waals surface area contributed by atoms with Crippen LogP contribution in [0.2, 0.25) is 0 Å². The van der Waals surface area contributed by atoms with Crippen molar-refractivity contribution in [3.05, 3.63) is 65.5 Å². The van der Waals surface area contributed by atoms with Gasteiger partial charge in [-0.15, -0.1) is 0 Å². The molecule has 8 heteroatoms. The molecule has 6 nitrogen and oxygen atoms in total. The lowest BCUT2D eigenvalue weighted by molar-refractivity contribution is -0.123. The summed E-state index contributed by atoms with van der Waals surface area (Å²) in [6.45, 7) is 3.93. The first kappa shape index (κ1) is 21.3. The van der Waals surface area contributed by atoms with Gasteiger partial charge in [0.25, 0.3) is 11.8 Å². The molecule has 3 N–H and O–H groups in total. The molecule has 0 saturated carbocycles. The van der Waals surface area contributed by atoms with Crippen molar-refractivity contribution in [2.75, 3.05) is 6.61 Å². The van der Waals surface area contributed by atoms with Crippen LogP contribution in [0.5, 0.6) is 5.75 Å². The fourth-order valence-electron chi connectivity index (χ4n) is 2.39. The second kappa shape index (κ2) is 10.4. The van der Waals surface area contributed by atoms with Crippen LogP contribution in [0.3, 0.4) is 0 Å². The van der Waals surface area contributed by atoms with Crippen molar-refractivity contribution in [1.82, 2.24) is 16.2 Å². The summed E-state index contributed by atoms with van der Waals surface area (Å²) in [5, 5.41) is 2.12. The third-order valence-electron chi connectivity index (χ3n) is 4.08. The summed E-state index contributed by atoms with van der Waals surface area (Å²) < 4.78 is 19.2. The summed E-state index contributed by atoms with van der Waals surface area (Å²) in [7, 11) is 0. The standard InChI is InChI=1S/C20H22FN3O3S/c1-3-13(2)14-8-5-7-11-17(14)27-12-18(25)23-24-20(28)22-19(26)15-9-4-6-10-16(15)21/h4-11,13H,3,12H2,1-2H3,(H,23,25)(H2,22,24,26,28). The lowest BCUT2D eigenvalue weighted by Gasteiger charge is -2.16. The fraction of sp³-hybridized carbons (Fsp3) is 0.250. The highest BCUT2D eigenvalue weighted by Gasteiger charge is 2.13. The van der Waals surface area contributed by atoms with Crippen LogP contribution in [-0.4, -0.2) is 23.5 Å². The Morgan fingerprint density at radius 3 is 2.50 bits per heavy atom. The summed E-state index contributed by atoms with van der Waals surface area (Å²) in [6, 6.07) is 13.0. The number of carbonyl (C=O) groups is 2. The molecule has 1 unspecified atom stereocenters. The lowest BCUT2D eigenvalue weighted by Crippen LogP contribution is -2.49. The van der Waals surface area contributed by atoms with Crippen molar-refractivity contribution < 1.29 is 18.7 Å². The summed E-state index contributed by atoms with van der Waals surface area (Å²) in [5.41, 5.74) is 5.58. The Bertz CT molecular complexity index is 860. The number of hydrogen-bond acceptors (Lipinski definition) is 4. The molecule has 0 aromatic heterocycles. The van der Waals surface area contributed by atoms with Gasteiger partial charge in [-0.1, -0.05) is 44.2 Å².